The molecule has 2 aromatic rings. The van der Waals surface area contributed by atoms with E-state index in [2.05, 4.69) is 10.6 Å². The molecule has 0 bridgehead atoms. The van der Waals surface area contributed by atoms with Gasteiger partial charge in [0.2, 0.25) is 15.9 Å². The fourth-order valence-electron chi connectivity index (χ4n) is 3.54. The second-order valence-corrected chi connectivity index (χ2v) is 9.77. The Morgan fingerprint density at radius 2 is 1.77 bits per heavy atom. The van der Waals surface area contributed by atoms with E-state index in [-0.39, 0.29) is 29.3 Å². The van der Waals surface area contributed by atoms with Crippen molar-refractivity contribution in [1.29, 1.82) is 0 Å². The number of rotatable bonds is 7. The molecule has 2 atom stereocenters. The van der Waals surface area contributed by atoms with Gasteiger partial charge in [0.15, 0.2) is 0 Å². The van der Waals surface area contributed by atoms with Gasteiger partial charge in [-0.1, -0.05) is 37.3 Å². The van der Waals surface area contributed by atoms with Crippen LogP contribution in [0, 0.1) is 5.92 Å². The first kappa shape index (κ1) is 23.0. The molecular formula is C23H29N3O4S. The molecule has 0 aromatic heterocycles. The molecule has 166 valence electrons. The average Bonchev–Trinajstić information content (AvgIpc) is 2.80. The van der Waals surface area contributed by atoms with Crippen LogP contribution in [0.15, 0.2) is 59.5 Å². The van der Waals surface area contributed by atoms with Crippen LogP contribution in [0.2, 0.25) is 0 Å². The van der Waals surface area contributed by atoms with Crippen LogP contribution in [0.25, 0.3) is 0 Å². The summed E-state index contributed by atoms with van der Waals surface area (Å²) in [5.41, 5.74) is 0.817. The van der Waals surface area contributed by atoms with Crippen LogP contribution in [0.4, 0.5) is 5.69 Å². The zero-order chi connectivity index (χ0) is 22.4. The van der Waals surface area contributed by atoms with Crippen LogP contribution in [0.1, 0.15) is 43.5 Å². The third-order valence-electron chi connectivity index (χ3n) is 5.56. The zero-order valence-corrected chi connectivity index (χ0v) is 18.7. The smallest absolute Gasteiger partial charge is 0.253 e. The van der Waals surface area contributed by atoms with E-state index in [9.17, 15) is 18.0 Å². The number of anilines is 1. The van der Waals surface area contributed by atoms with Gasteiger partial charge in [-0.2, -0.15) is 4.31 Å². The fraction of sp³-hybridized carbons (Fsp3) is 0.391. The van der Waals surface area contributed by atoms with Crippen LogP contribution in [-0.2, 0) is 14.8 Å². The van der Waals surface area contributed by atoms with Gasteiger partial charge >= 0.3 is 0 Å². The first-order valence-corrected chi connectivity index (χ1v) is 12.0. The van der Waals surface area contributed by atoms with Gasteiger partial charge in [0.25, 0.3) is 5.91 Å². The summed E-state index contributed by atoms with van der Waals surface area (Å²) in [6.45, 7) is 4.40. The lowest BCUT2D eigenvalue weighted by molar-refractivity contribution is -0.120. The standard InChI is InChI=1S/C23H29N3O4S/c1-3-17(2)24-23(28)20-13-7-8-14-21(20)25-22(27)18-10-9-15-26(16-18)31(29,30)19-11-5-4-6-12-19/h4-8,11-14,17-18H,3,9-10,15-16H2,1-2H3,(H,24,28)(H,25,27)/t17-,18+/m0/s1. The normalized spacial score (nSPS) is 18.2. The van der Waals surface area contributed by atoms with E-state index in [1.807, 2.05) is 13.8 Å². The van der Waals surface area contributed by atoms with Crippen molar-refractivity contribution in [1.82, 2.24) is 9.62 Å². The molecule has 2 N–H and O–H groups in total. The first-order valence-electron chi connectivity index (χ1n) is 10.6. The number of para-hydroxylation sites is 1. The summed E-state index contributed by atoms with van der Waals surface area (Å²) in [6.07, 6.45) is 1.99. The molecule has 31 heavy (non-hydrogen) atoms. The SMILES string of the molecule is CC[C@H](C)NC(=O)c1ccccc1NC(=O)[C@@H]1CCCN(S(=O)(=O)c2ccccc2)C1. The summed E-state index contributed by atoms with van der Waals surface area (Å²) < 4.78 is 27.2. The number of amides is 2. The van der Waals surface area contributed by atoms with Crippen molar-refractivity contribution in [3.05, 3.63) is 60.2 Å². The van der Waals surface area contributed by atoms with Crippen molar-refractivity contribution in [2.45, 2.75) is 44.0 Å². The number of benzene rings is 2. The minimum Gasteiger partial charge on any atom is -0.350 e. The van der Waals surface area contributed by atoms with E-state index in [4.69, 9.17) is 0 Å². The van der Waals surface area contributed by atoms with Crippen LogP contribution in [-0.4, -0.2) is 43.7 Å². The van der Waals surface area contributed by atoms with Gasteiger partial charge < -0.3 is 10.6 Å². The molecule has 8 heteroatoms. The first-order chi connectivity index (χ1) is 14.8. The van der Waals surface area contributed by atoms with E-state index >= 15 is 0 Å². The van der Waals surface area contributed by atoms with E-state index in [0.29, 0.717) is 30.6 Å². The number of nitrogens with one attached hydrogen (secondary N) is 2. The van der Waals surface area contributed by atoms with E-state index in [1.165, 1.54) is 4.31 Å². The third-order valence-corrected chi connectivity index (χ3v) is 7.43. The predicted octanol–water partition coefficient (Wildman–Crippen LogP) is 3.25. The molecule has 0 aliphatic carbocycles. The number of hydrogen-bond donors (Lipinski definition) is 2. The van der Waals surface area contributed by atoms with Crippen molar-refractivity contribution >= 4 is 27.5 Å². The Morgan fingerprint density at radius 1 is 1.10 bits per heavy atom. The van der Waals surface area contributed by atoms with E-state index in [1.54, 1.807) is 54.6 Å². The van der Waals surface area contributed by atoms with E-state index in [0.717, 1.165) is 6.42 Å². The van der Waals surface area contributed by atoms with Crippen LogP contribution in [0.5, 0.6) is 0 Å². The third kappa shape index (κ3) is 5.51. The molecule has 3 rings (SSSR count). The van der Waals surface area contributed by atoms with Gasteiger partial charge in [0.1, 0.15) is 0 Å². The lowest BCUT2D eigenvalue weighted by Crippen LogP contribution is -2.43. The summed E-state index contributed by atoms with van der Waals surface area (Å²) >= 11 is 0. The Hall–Kier alpha value is -2.71. The molecule has 0 spiro atoms. The molecule has 0 radical (unpaired) electrons. The Labute approximate surface area is 183 Å². The highest BCUT2D eigenvalue weighted by Gasteiger charge is 2.33. The van der Waals surface area contributed by atoms with Crippen molar-refractivity contribution < 1.29 is 18.0 Å². The summed E-state index contributed by atoms with van der Waals surface area (Å²) in [5, 5.41) is 5.75. The Morgan fingerprint density at radius 3 is 2.48 bits per heavy atom. The van der Waals surface area contributed by atoms with Crippen LogP contribution < -0.4 is 10.6 Å². The zero-order valence-electron chi connectivity index (χ0n) is 17.9. The molecule has 1 saturated heterocycles. The van der Waals surface area contributed by atoms with Gasteiger partial charge in [-0.25, -0.2) is 8.42 Å². The molecular weight excluding hydrogens is 414 g/mol. The molecule has 7 nitrogen and oxygen atoms in total. The summed E-state index contributed by atoms with van der Waals surface area (Å²) in [7, 11) is -3.65. The van der Waals surface area contributed by atoms with Gasteiger partial charge in [-0.15, -0.1) is 0 Å². The topological polar surface area (TPSA) is 95.6 Å². The molecule has 1 aliphatic heterocycles. The van der Waals surface area contributed by atoms with Gasteiger partial charge in [-0.3, -0.25) is 9.59 Å². The van der Waals surface area contributed by atoms with Gasteiger partial charge in [0, 0.05) is 19.1 Å². The quantitative estimate of drug-likeness (QED) is 0.687. The van der Waals surface area contributed by atoms with Gasteiger partial charge in [-0.05, 0) is 50.5 Å². The number of hydrogen-bond acceptors (Lipinski definition) is 4. The average molecular weight is 444 g/mol. The molecule has 0 unspecified atom stereocenters. The maximum Gasteiger partial charge on any atom is 0.253 e. The summed E-state index contributed by atoms with van der Waals surface area (Å²) in [4.78, 5) is 25.8. The monoisotopic (exact) mass is 443 g/mol. The van der Waals surface area contributed by atoms with Crippen LogP contribution >= 0.6 is 0 Å². The number of nitrogens with zero attached hydrogens (tertiary/aromatic N) is 1. The predicted molar refractivity (Wildman–Crippen MR) is 120 cm³/mol. The summed E-state index contributed by atoms with van der Waals surface area (Å²) in [6, 6.07) is 15.1. The molecule has 1 aliphatic rings. The number of carbonyl (C=O) groups is 2. The van der Waals surface area contributed by atoms with E-state index < -0.39 is 15.9 Å². The Bertz CT molecular complexity index is 1020. The Kier molecular flexibility index (Phi) is 7.46. The van der Waals surface area contributed by atoms with Crippen molar-refractivity contribution in [3.8, 4) is 0 Å². The lowest BCUT2D eigenvalue weighted by Gasteiger charge is -2.31. The second kappa shape index (κ2) is 10.1. The van der Waals surface area contributed by atoms with Gasteiger partial charge in [0.05, 0.1) is 22.1 Å². The maximum atomic E-state index is 13.0. The highest BCUT2D eigenvalue weighted by Crippen LogP contribution is 2.25. The number of piperidine rings is 1. The van der Waals surface area contributed by atoms with Crippen molar-refractivity contribution in [2.75, 3.05) is 18.4 Å². The molecule has 2 aromatic carbocycles. The molecule has 1 heterocycles. The highest BCUT2D eigenvalue weighted by atomic mass is 32.2. The largest absolute Gasteiger partial charge is 0.350 e. The number of sulfonamides is 1. The summed E-state index contributed by atoms with van der Waals surface area (Å²) in [5.74, 6) is -1.02. The highest BCUT2D eigenvalue weighted by molar-refractivity contribution is 7.89. The van der Waals surface area contributed by atoms with Crippen LogP contribution in [0.3, 0.4) is 0 Å². The molecule has 1 fully saturated rings. The fourth-order valence-corrected chi connectivity index (χ4v) is 5.09. The van der Waals surface area contributed by atoms with Crippen molar-refractivity contribution in [3.63, 3.8) is 0 Å². The number of carbonyl (C=O) groups excluding carboxylic acids is 2. The van der Waals surface area contributed by atoms with Crippen molar-refractivity contribution in [2.24, 2.45) is 5.92 Å². The molecule has 0 saturated carbocycles. The maximum absolute atomic E-state index is 13.0. The minimum atomic E-state index is -3.65. The molecule has 2 amide bonds. The minimum absolute atomic E-state index is 0.0198. The lowest BCUT2D eigenvalue weighted by atomic mass is 9.98. The second-order valence-electron chi connectivity index (χ2n) is 7.83. The Balaban J connectivity index is 1.72.